The van der Waals surface area contributed by atoms with Crippen LogP contribution in [0.5, 0.6) is 0 Å². The first-order chi connectivity index (χ1) is 11.1. The van der Waals surface area contributed by atoms with E-state index < -0.39 is 10.0 Å². The van der Waals surface area contributed by atoms with Crippen molar-refractivity contribution in [1.29, 1.82) is 0 Å². The highest BCUT2D eigenvalue weighted by Gasteiger charge is 2.43. The van der Waals surface area contributed by atoms with Gasteiger partial charge in [0.2, 0.25) is 10.0 Å². The van der Waals surface area contributed by atoms with Crippen LogP contribution in [-0.4, -0.2) is 51.7 Å². The molecule has 0 unspecified atom stereocenters. The molecular weight excluding hydrogens is 314 g/mol. The summed E-state index contributed by atoms with van der Waals surface area (Å²) in [5.74, 6) is 0.207. The lowest BCUT2D eigenvalue weighted by Crippen LogP contribution is -2.53. The molecule has 128 valence electrons. The zero-order valence-electron chi connectivity index (χ0n) is 13.8. The van der Waals surface area contributed by atoms with Gasteiger partial charge in [0.25, 0.3) is 0 Å². The molecule has 5 nitrogen and oxygen atoms in total. The van der Waals surface area contributed by atoms with Crippen molar-refractivity contribution in [1.82, 2.24) is 4.31 Å². The first-order valence-corrected chi connectivity index (χ1v) is 9.67. The van der Waals surface area contributed by atoms with Crippen molar-refractivity contribution in [3.8, 4) is 0 Å². The normalized spacial score (nSPS) is 29.7. The predicted molar refractivity (Wildman–Crippen MR) is 87.8 cm³/mol. The van der Waals surface area contributed by atoms with E-state index in [2.05, 4.69) is 0 Å². The quantitative estimate of drug-likeness (QED) is 0.844. The third kappa shape index (κ3) is 3.18. The van der Waals surface area contributed by atoms with E-state index in [-0.39, 0.29) is 18.1 Å². The number of nitrogens with zero attached hydrogens (tertiary/aromatic N) is 1. The molecular formula is C17H25NO4S. The number of morpholine rings is 1. The van der Waals surface area contributed by atoms with Crippen LogP contribution in [0.25, 0.3) is 0 Å². The van der Waals surface area contributed by atoms with Gasteiger partial charge in [-0.15, -0.1) is 0 Å². The minimum atomic E-state index is -3.51. The van der Waals surface area contributed by atoms with Crippen molar-refractivity contribution in [2.75, 3.05) is 26.9 Å². The SMILES string of the molecule is CO[C@@H]1CCC[C@@H]1[C@H]1COCCN1S(=O)(=O)c1ccccc1C. The fraction of sp³-hybridized carbons (Fsp3) is 0.647. The molecule has 3 rings (SSSR count). The molecule has 1 heterocycles. The topological polar surface area (TPSA) is 55.8 Å². The first-order valence-electron chi connectivity index (χ1n) is 8.23. The Hall–Kier alpha value is -0.950. The van der Waals surface area contributed by atoms with Crippen molar-refractivity contribution in [3.05, 3.63) is 29.8 Å². The van der Waals surface area contributed by atoms with E-state index in [4.69, 9.17) is 9.47 Å². The Bertz CT molecular complexity index is 646. The summed E-state index contributed by atoms with van der Waals surface area (Å²) in [4.78, 5) is 0.402. The molecule has 0 amide bonds. The van der Waals surface area contributed by atoms with Crippen LogP contribution in [0, 0.1) is 12.8 Å². The highest BCUT2D eigenvalue weighted by Crippen LogP contribution is 2.36. The maximum Gasteiger partial charge on any atom is 0.243 e. The Labute approximate surface area is 138 Å². The van der Waals surface area contributed by atoms with Crippen molar-refractivity contribution >= 4 is 10.0 Å². The van der Waals surface area contributed by atoms with E-state index in [0.717, 1.165) is 24.8 Å². The Balaban J connectivity index is 1.94. The van der Waals surface area contributed by atoms with Gasteiger partial charge in [0.05, 0.1) is 30.3 Å². The first kappa shape index (κ1) is 16.9. The highest BCUT2D eigenvalue weighted by atomic mass is 32.2. The van der Waals surface area contributed by atoms with Crippen LogP contribution in [-0.2, 0) is 19.5 Å². The van der Waals surface area contributed by atoms with Crippen molar-refractivity contribution in [2.45, 2.75) is 43.2 Å². The summed E-state index contributed by atoms with van der Waals surface area (Å²) < 4.78 is 39.3. The van der Waals surface area contributed by atoms with Crippen LogP contribution in [0.4, 0.5) is 0 Å². The molecule has 1 saturated heterocycles. The Morgan fingerprint density at radius 3 is 2.78 bits per heavy atom. The Morgan fingerprint density at radius 2 is 2.04 bits per heavy atom. The Morgan fingerprint density at radius 1 is 1.26 bits per heavy atom. The molecule has 23 heavy (non-hydrogen) atoms. The number of sulfonamides is 1. The molecule has 2 fully saturated rings. The van der Waals surface area contributed by atoms with Crippen molar-refractivity contribution in [3.63, 3.8) is 0 Å². The molecule has 3 atom stereocenters. The average Bonchev–Trinajstić information content (AvgIpc) is 3.03. The second kappa shape index (κ2) is 6.89. The van der Waals surface area contributed by atoms with E-state index in [1.54, 1.807) is 23.5 Å². The smallest absolute Gasteiger partial charge is 0.243 e. The lowest BCUT2D eigenvalue weighted by molar-refractivity contribution is -0.0260. The van der Waals surface area contributed by atoms with Crippen LogP contribution in [0.3, 0.4) is 0 Å². The molecule has 0 aromatic heterocycles. The number of ether oxygens (including phenoxy) is 2. The number of hydrogen-bond donors (Lipinski definition) is 0. The Kier molecular flexibility index (Phi) is 5.06. The van der Waals surface area contributed by atoms with Crippen LogP contribution >= 0.6 is 0 Å². The second-order valence-corrected chi connectivity index (χ2v) is 8.25. The van der Waals surface area contributed by atoms with Gasteiger partial charge in [0, 0.05) is 19.6 Å². The van der Waals surface area contributed by atoms with Crippen LogP contribution < -0.4 is 0 Å². The van der Waals surface area contributed by atoms with E-state index in [1.807, 2.05) is 19.1 Å². The summed E-state index contributed by atoms with van der Waals surface area (Å²) >= 11 is 0. The maximum absolute atomic E-state index is 13.2. The van der Waals surface area contributed by atoms with Crippen LogP contribution in [0.15, 0.2) is 29.2 Å². The standard InChI is InChI=1S/C17H25NO4S/c1-13-6-3-4-9-17(13)23(19,20)18-10-11-22-12-15(18)14-7-5-8-16(14)21-2/h3-4,6,9,14-16H,5,7-8,10-12H2,1-2H3/t14-,15-,16-/m1/s1. The summed E-state index contributed by atoms with van der Waals surface area (Å²) in [6.45, 7) is 3.16. The van der Waals surface area contributed by atoms with Gasteiger partial charge in [-0.1, -0.05) is 24.6 Å². The number of benzene rings is 1. The lowest BCUT2D eigenvalue weighted by Gasteiger charge is -2.39. The predicted octanol–water partition coefficient (Wildman–Crippen LogP) is 2.20. The zero-order chi connectivity index (χ0) is 16.4. The number of aryl methyl sites for hydroxylation is 1. The van der Waals surface area contributed by atoms with Gasteiger partial charge in [-0.3, -0.25) is 0 Å². The van der Waals surface area contributed by atoms with Crippen molar-refractivity contribution in [2.24, 2.45) is 5.92 Å². The third-order valence-electron chi connectivity index (χ3n) is 5.10. The summed E-state index contributed by atoms with van der Waals surface area (Å²) in [7, 11) is -1.80. The molecule has 2 aliphatic rings. The molecule has 0 radical (unpaired) electrons. The molecule has 6 heteroatoms. The summed E-state index contributed by atoms with van der Waals surface area (Å²) in [6, 6.07) is 7.04. The van der Waals surface area contributed by atoms with Gasteiger partial charge >= 0.3 is 0 Å². The van der Waals surface area contributed by atoms with Crippen molar-refractivity contribution < 1.29 is 17.9 Å². The fourth-order valence-electron chi connectivity index (χ4n) is 3.90. The van der Waals surface area contributed by atoms with Gasteiger partial charge in [-0.2, -0.15) is 4.31 Å². The van der Waals surface area contributed by atoms with Gasteiger partial charge in [0.1, 0.15) is 0 Å². The summed E-state index contributed by atoms with van der Waals surface area (Å²) in [5, 5.41) is 0. The monoisotopic (exact) mass is 339 g/mol. The molecule has 1 aromatic rings. The molecule has 1 saturated carbocycles. The van der Waals surface area contributed by atoms with Gasteiger partial charge in [0.15, 0.2) is 0 Å². The molecule has 0 spiro atoms. The van der Waals surface area contributed by atoms with Gasteiger partial charge in [-0.05, 0) is 31.4 Å². The molecule has 0 bridgehead atoms. The van der Waals surface area contributed by atoms with E-state index in [1.165, 1.54) is 0 Å². The van der Waals surface area contributed by atoms with E-state index in [0.29, 0.717) is 24.7 Å². The average molecular weight is 339 g/mol. The van der Waals surface area contributed by atoms with Crippen LogP contribution in [0.2, 0.25) is 0 Å². The number of hydrogen-bond acceptors (Lipinski definition) is 4. The molecule has 0 N–H and O–H groups in total. The lowest BCUT2D eigenvalue weighted by atomic mass is 9.96. The zero-order valence-corrected chi connectivity index (χ0v) is 14.6. The van der Waals surface area contributed by atoms with E-state index in [9.17, 15) is 8.42 Å². The number of methoxy groups -OCH3 is 1. The molecule has 1 aliphatic carbocycles. The summed E-state index contributed by atoms with van der Waals surface area (Å²) in [5.41, 5.74) is 0.785. The third-order valence-corrected chi connectivity index (χ3v) is 7.18. The fourth-order valence-corrected chi connectivity index (χ4v) is 5.77. The molecule has 1 aliphatic heterocycles. The minimum absolute atomic E-state index is 0.122. The summed E-state index contributed by atoms with van der Waals surface area (Å²) in [6.07, 6.45) is 3.19. The highest BCUT2D eigenvalue weighted by molar-refractivity contribution is 7.89. The molecule has 1 aromatic carbocycles. The maximum atomic E-state index is 13.2. The number of rotatable bonds is 4. The van der Waals surface area contributed by atoms with E-state index >= 15 is 0 Å². The minimum Gasteiger partial charge on any atom is -0.381 e. The van der Waals surface area contributed by atoms with Gasteiger partial charge in [-0.25, -0.2) is 8.42 Å². The largest absolute Gasteiger partial charge is 0.381 e. The second-order valence-electron chi connectivity index (χ2n) is 6.39. The van der Waals surface area contributed by atoms with Gasteiger partial charge < -0.3 is 9.47 Å². The van der Waals surface area contributed by atoms with Crippen LogP contribution in [0.1, 0.15) is 24.8 Å².